The van der Waals surface area contributed by atoms with Gasteiger partial charge in [-0.05, 0) is 36.7 Å². The molecule has 0 aromatic carbocycles. The molecule has 19 heavy (non-hydrogen) atoms. The Balaban J connectivity index is 2.13. The summed E-state index contributed by atoms with van der Waals surface area (Å²) in [5.74, 6) is 0.721. The van der Waals surface area contributed by atoms with Crippen LogP contribution in [-0.2, 0) is 11.3 Å². The van der Waals surface area contributed by atoms with Crippen LogP contribution in [0.15, 0.2) is 15.5 Å². The van der Waals surface area contributed by atoms with Gasteiger partial charge in [0.05, 0.1) is 19.3 Å². The molecule has 0 radical (unpaired) electrons. The molecule has 0 spiro atoms. The predicted octanol–water partition coefficient (Wildman–Crippen LogP) is 1.42. The highest BCUT2D eigenvalue weighted by atomic mass is 79.9. The van der Waals surface area contributed by atoms with E-state index in [1.54, 1.807) is 10.8 Å². The lowest BCUT2D eigenvalue weighted by atomic mass is 10.2. The molecule has 1 aromatic heterocycles. The largest absolute Gasteiger partial charge is 0.374 e. The number of rotatable bonds is 3. The molecular formula is C13H20BrN3O2. The highest BCUT2D eigenvalue weighted by Gasteiger charge is 2.23. The number of nitrogens with zero attached hydrogens (tertiary/aromatic N) is 3. The SMILES string of the molecule is Cc1ncc(Br)c(=O)n1CC1CN(C(C)C)CCO1. The Morgan fingerprint density at radius 2 is 2.32 bits per heavy atom. The van der Waals surface area contributed by atoms with Crippen molar-refractivity contribution < 1.29 is 4.74 Å². The number of halogens is 1. The van der Waals surface area contributed by atoms with Crippen molar-refractivity contribution >= 4 is 15.9 Å². The van der Waals surface area contributed by atoms with Gasteiger partial charge in [-0.1, -0.05) is 0 Å². The molecule has 1 saturated heterocycles. The zero-order valence-electron chi connectivity index (χ0n) is 11.6. The van der Waals surface area contributed by atoms with E-state index in [1.165, 1.54) is 0 Å². The Labute approximate surface area is 121 Å². The highest BCUT2D eigenvalue weighted by Crippen LogP contribution is 2.11. The monoisotopic (exact) mass is 329 g/mol. The van der Waals surface area contributed by atoms with Crippen LogP contribution in [0, 0.1) is 6.92 Å². The second kappa shape index (κ2) is 6.15. The smallest absolute Gasteiger partial charge is 0.267 e. The third-order valence-electron chi connectivity index (χ3n) is 3.49. The molecule has 2 heterocycles. The minimum absolute atomic E-state index is 0.0437. The normalized spacial score (nSPS) is 21.0. The quantitative estimate of drug-likeness (QED) is 0.841. The summed E-state index contributed by atoms with van der Waals surface area (Å²) in [5.41, 5.74) is -0.0437. The van der Waals surface area contributed by atoms with Crippen LogP contribution in [0.5, 0.6) is 0 Å². The molecule has 1 aromatic rings. The van der Waals surface area contributed by atoms with Crippen molar-refractivity contribution in [3.05, 3.63) is 26.8 Å². The minimum atomic E-state index is -0.0437. The Morgan fingerprint density at radius 3 is 3.00 bits per heavy atom. The Kier molecular flexibility index (Phi) is 4.76. The first-order valence-electron chi connectivity index (χ1n) is 6.56. The molecule has 106 valence electrons. The molecule has 0 amide bonds. The summed E-state index contributed by atoms with van der Waals surface area (Å²) in [7, 11) is 0. The van der Waals surface area contributed by atoms with Crippen molar-refractivity contribution in [2.45, 2.75) is 39.5 Å². The molecule has 0 aliphatic carbocycles. The molecule has 1 unspecified atom stereocenters. The number of ether oxygens (including phenoxy) is 1. The van der Waals surface area contributed by atoms with E-state index >= 15 is 0 Å². The molecule has 6 heteroatoms. The Morgan fingerprint density at radius 1 is 1.58 bits per heavy atom. The van der Waals surface area contributed by atoms with E-state index in [4.69, 9.17) is 4.74 Å². The van der Waals surface area contributed by atoms with Crippen LogP contribution in [0.3, 0.4) is 0 Å². The summed E-state index contributed by atoms with van der Waals surface area (Å²) >= 11 is 3.23. The predicted molar refractivity (Wildman–Crippen MR) is 77.4 cm³/mol. The fraction of sp³-hybridized carbons (Fsp3) is 0.692. The standard InChI is InChI=1S/C13H20BrN3O2/c1-9(2)16-4-5-19-11(7-16)8-17-10(3)15-6-12(14)13(17)18/h6,9,11H,4-5,7-8H2,1-3H3. The van der Waals surface area contributed by atoms with Gasteiger partial charge in [0.15, 0.2) is 0 Å². The summed E-state index contributed by atoms with van der Waals surface area (Å²) < 4.78 is 7.94. The molecule has 0 N–H and O–H groups in total. The summed E-state index contributed by atoms with van der Waals surface area (Å²) in [6, 6.07) is 0.504. The molecule has 5 nitrogen and oxygen atoms in total. The second-order valence-corrected chi connectivity index (χ2v) is 6.00. The Bertz CT molecular complexity index is 501. The van der Waals surface area contributed by atoms with Crippen LogP contribution in [0.1, 0.15) is 19.7 Å². The average Bonchev–Trinajstić information content (AvgIpc) is 2.39. The topological polar surface area (TPSA) is 47.4 Å². The van der Waals surface area contributed by atoms with E-state index in [1.807, 2.05) is 6.92 Å². The van der Waals surface area contributed by atoms with Crippen LogP contribution in [0.4, 0.5) is 0 Å². The third kappa shape index (κ3) is 3.43. The number of morpholine rings is 1. The van der Waals surface area contributed by atoms with Crippen LogP contribution in [0.25, 0.3) is 0 Å². The van der Waals surface area contributed by atoms with Gasteiger partial charge in [-0.3, -0.25) is 14.3 Å². The number of hydrogen-bond acceptors (Lipinski definition) is 4. The van der Waals surface area contributed by atoms with Crippen LogP contribution in [0.2, 0.25) is 0 Å². The zero-order chi connectivity index (χ0) is 14.0. The van der Waals surface area contributed by atoms with Crippen molar-refractivity contribution in [1.29, 1.82) is 0 Å². The van der Waals surface area contributed by atoms with Gasteiger partial charge in [-0.15, -0.1) is 0 Å². The molecular weight excluding hydrogens is 310 g/mol. The van der Waals surface area contributed by atoms with Gasteiger partial charge in [-0.25, -0.2) is 4.98 Å². The molecule has 0 bridgehead atoms. The van der Waals surface area contributed by atoms with E-state index < -0.39 is 0 Å². The molecule has 1 aliphatic rings. The lowest BCUT2D eigenvalue weighted by molar-refractivity contribution is -0.0463. The van der Waals surface area contributed by atoms with E-state index in [-0.39, 0.29) is 11.7 Å². The maximum Gasteiger partial charge on any atom is 0.267 e. The number of aromatic nitrogens is 2. The molecule has 1 atom stereocenters. The molecule has 0 saturated carbocycles. The summed E-state index contributed by atoms with van der Waals surface area (Å²) in [4.78, 5) is 18.7. The van der Waals surface area contributed by atoms with Gasteiger partial charge >= 0.3 is 0 Å². The maximum atomic E-state index is 12.1. The first-order chi connectivity index (χ1) is 8.99. The highest BCUT2D eigenvalue weighted by molar-refractivity contribution is 9.10. The number of hydrogen-bond donors (Lipinski definition) is 0. The first kappa shape index (κ1) is 14.7. The van der Waals surface area contributed by atoms with Gasteiger partial charge < -0.3 is 4.74 Å². The van der Waals surface area contributed by atoms with Gasteiger partial charge in [0.2, 0.25) is 0 Å². The molecule has 2 rings (SSSR count). The fourth-order valence-corrected chi connectivity index (χ4v) is 2.61. The van der Waals surface area contributed by atoms with Gasteiger partial charge in [0.1, 0.15) is 10.3 Å². The summed E-state index contributed by atoms with van der Waals surface area (Å²) in [6.45, 7) is 9.30. The van der Waals surface area contributed by atoms with Crippen LogP contribution >= 0.6 is 15.9 Å². The van der Waals surface area contributed by atoms with E-state index in [9.17, 15) is 4.79 Å². The molecule has 1 aliphatic heterocycles. The van der Waals surface area contributed by atoms with Gasteiger partial charge in [0, 0.05) is 25.3 Å². The Hall–Kier alpha value is -0.720. The third-order valence-corrected chi connectivity index (χ3v) is 4.04. The van der Waals surface area contributed by atoms with Crippen molar-refractivity contribution in [2.75, 3.05) is 19.7 Å². The van der Waals surface area contributed by atoms with E-state index in [0.717, 1.165) is 25.5 Å². The van der Waals surface area contributed by atoms with Crippen LogP contribution in [-0.4, -0.2) is 46.3 Å². The van der Waals surface area contributed by atoms with Crippen molar-refractivity contribution in [3.63, 3.8) is 0 Å². The lowest BCUT2D eigenvalue weighted by Crippen LogP contribution is -2.48. The first-order valence-corrected chi connectivity index (χ1v) is 7.36. The maximum absolute atomic E-state index is 12.1. The van der Waals surface area contributed by atoms with Crippen LogP contribution < -0.4 is 5.56 Å². The van der Waals surface area contributed by atoms with Gasteiger partial charge in [0.25, 0.3) is 5.56 Å². The van der Waals surface area contributed by atoms with Gasteiger partial charge in [-0.2, -0.15) is 0 Å². The summed E-state index contributed by atoms with van der Waals surface area (Å²) in [6.07, 6.45) is 1.60. The van der Waals surface area contributed by atoms with Crippen molar-refractivity contribution in [3.8, 4) is 0 Å². The minimum Gasteiger partial charge on any atom is -0.374 e. The van der Waals surface area contributed by atoms with E-state index in [0.29, 0.717) is 17.1 Å². The lowest BCUT2D eigenvalue weighted by Gasteiger charge is -2.35. The second-order valence-electron chi connectivity index (χ2n) is 5.15. The number of aryl methyl sites for hydroxylation is 1. The molecule has 1 fully saturated rings. The summed E-state index contributed by atoms with van der Waals surface area (Å²) in [5, 5.41) is 0. The van der Waals surface area contributed by atoms with Crippen molar-refractivity contribution in [1.82, 2.24) is 14.5 Å². The fourth-order valence-electron chi connectivity index (χ4n) is 2.29. The van der Waals surface area contributed by atoms with E-state index in [2.05, 4.69) is 39.7 Å². The van der Waals surface area contributed by atoms with Crippen molar-refractivity contribution in [2.24, 2.45) is 0 Å². The zero-order valence-corrected chi connectivity index (χ0v) is 13.2. The average molecular weight is 330 g/mol.